The Hall–Kier alpha value is -1.06. The van der Waals surface area contributed by atoms with E-state index in [0.29, 0.717) is 10.9 Å². The fourth-order valence-electron chi connectivity index (χ4n) is 1.26. The van der Waals surface area contributed by atoms with Crippen LogP contribution < -0.4 is 10.4 Å². The molecule has 1 aromatic carbocycles. The lowest BCUT2D eigenvalue weighted by Gasteiger charge is -2.26. The lowest BCUT2D eigenvalue weighted by Crippen LogP contribution is -2.42. The van der Waals surface area contributed by atoms with Gasteiger partial charge in [-0.25, -0.2) is 5.43 Å². The van der Waals surface area contributed by atoms with E-state index in [0.717, 1.165) is 5.69 Å². The summed E-state index contributed by atoms with van der Waals surface area (Å²) < 4.78 is 0. The van der Waals surface area contributed by atoms with Gasteiger partial charge in [0.1, 0.15) is 5.84 Å². The largest absolute Gasteiger partial charge is 0.287 e. The van der Waals surface area contributed by atoms with Crippen LogP contribution in [0, 0.1) is 11.3 Å². The predicted molar refractivity (Wildman–Crippen MR) is 65.6 cm³/mol. The molecule has 0 unspecified atom stereocenters. The molecule has 0 amide bonds. The molecule has 82 valence electrons. The zero-order valence-electron chi connectivity index (χ0n) is 9.21. The molecule has 3 nitrogen and oxygen atoms in total. The van der Waals surface area contributed by atoms with Crippen molar-refractivity contribution in [2.75, 3.05) is 12.1 Å². The van der Waals surface area contributed by atoms with Crippen LogP contribution >= 0.6 is 11.6 Å². The Kier molecular flexibility index (Phi) is 4.12. The third-order valence-electron chi connectivity index (χ3n) is 2.10. The van der Waals surface area contributed by atoms with Crippen LogP contribution in [0.5, 0.6) is 0 Å². The maximum Gasteiger partial charge on any atom is 0.118 e. The standard InChI is InChI=1S/C11H16ClN3/c1-8(2)11(13)15(14-3)10-7-5-4-6-9(10)12/h4-8,13-14H,1-3H3. The summed E-state index contributed by atoms with van der Waals surface area (Å²) in [5, 5.41) is 10.3. The molecule has 0 aliphatic rings. The molecule has 4 heteroatoms. The average Bonchev–Trinajstić information content (AvgIpc) is 2.21. The molecule has 0 aliphatic carbocycles. The van der Waals surface area contributed by atoms with Gasteiger partial charge in [-0.1, -0.05) is 37.6 Å². The summed E-state index contributed by atoms with van der Waals surface area (Å²) in [7, 11) is 1.78. The Morgan fingerprint density at radius 2 is 2.00 bits per heavy atom. The van der Waals surface area contributed by atoms with Gasteiger partial charge in [0.25, 0.3) is 0 Å². The maximum atomic E-state index is 7.94. The maximum absolute atomic E-state index is 7.94. The molecule has 0 saturated carbocycles. The second kappa shape index (κ2) is 5.14. The van der Waals surface area contributed by atoms with Crippen LogP contribution in [0.25, 0.3) is 0 Å². The smallest absolute Gasteiger partial charge is 0.118 e. The second-order valence-corrected chi connectivity index (χ2v) is 3.96. The Morgan fingerprint density at radius 3 is 2.47 bits per heavy atom. The average molecular weight is 226 g/mol. The van der Waals surface area contributed by atoms with E-state index in [9.17, 15) is 0 Å². The fourth-order valence-corrected chi connectivity index (χ4v) is 1.48. The summed E-state index contributed by atoms with van der Waals surface area (Å²) >= 11 is 6.07. The molecule has 1 rings (SSSR count). The molecule has 15 heavy (non-hydrogen) atoms. The number of para-hydroxylation sites is 1. The summed E-state index contributed by atoms with van der Waals surface area (Å²) in [6, 6.07) is 7.47. The van der Waals surface area contributed by atoms with Crippen LogP contribution in [-0.2, 0) is 0 Å². The Bertz CT molecular complexity index is 349. The number of amidine groups is 1. The van der Waals surface area contributed by atoms with E-state index < -0.39 is 0 Å². The van der Waals surface area contributed by atoms with E-state index in [1.165, 1.54) is 0 Å². The number of hydrogen-bond acceptors (Lipinski definition) is 2. The third kappa shape index (κ3) is 2.70. The van der Waals surface area contributed by atoms with E-state index in [-0.39, 0.29) is 5.92 Å². The van der Waals surface area contributed by atoms with E-state index in [1.807, 2.05) is 38.1 Å². The van der Waals surface area contributed by atoms with Gasteiger partial charge in [0.2, 0.25) is 0 Å². The van der Waals surface area contributed by atoms with Gasteiger partial charge in [-0.2, -0.15) is 0 Å². The summed E-state index contributed by atoms with van der Waals surface area (Å²) in [6.45, 7) is 3.95. The predicted octanol–water partition coefficient (Wildman–Crippen LogP) is 2.91. The van der Waals surface area contributed by atoms with Crippen molar-refractivity contribution < 1.29 is 0 Å². The third-order valence-corrected chi connectivity index (χ3v) is 2.42. The van der Waals surface area contributed by atoms with Crippen molar-refractivity contribution in [2.45, 2.75) is 13.8 Å². The molecule has 0 aliphatic heterocycles. The van der Waals surface area contributed by atoms with Crippen molar-refractivity contribution >= 4 is 23.1 Å². The van der Waals surface area contributed by atoms with Crippen molar-refractivity contribution in [3.05, 3.63) is 29.3 Å². The van der Waals surface area contributed by atoms with Crippen LogP contribution in [0.4, 0.5) is 5.69 Å². The second-order valence-electron chi connectivity index (χ2n) is 3.55. The lowest BCUT2D eigenvalue weighted by atomic mass is 10.2. The van der Waals surface area contributed by atoms with Gasteiger partial charge in [0, 0.05) is 13.0 Å². The van der Waals surface area contributed by atoms with E-state index in [2.05, 4.69) is 5.43 Å². The first-order valence-corrected chi connectivity index (χ1v) is 5.26. The monoisotopic (exact) mass is 225 g/mol. The van der Waals surface area contributed by atoms with Crippen LogP contribution in [0.15, 0.2) is 24.3 Å². The lowest BCUT2D eigenvalue weighted by molar-refractivity contribution is 0.771. The van der Waals surface area contributed by atoms with Crippen LogP contribution in [0.2, 0.25) is 5.02 Å². The van der Waals surface area contributed by atoms with E-state index in [4.69, 9.17) is 17.0 Å². The quantitative estimate of drug-likeness (QED) is 0.472. The Morgan fingerprint density at radius 1 is 1.40 bits per heavy atom. The highest BCUT2D eigenvalue weighted by molar-refractivity contribution is 6.33. The first-order chi connectivity index (χ1) is 7.07. The summed E-state index contributed by atoms with van der Waals surface area (Å²) in [6.07, 6.45) is 0. The molecular weight excluding hydrogens is 210 g/mol. The molecule has 0 atom stereocenters. The fraction of sp³-hybridized carbons (Fsp3) is 0.364. The minimum atomic E-state index is 0.147. The highest BCUT2D eigenvalue weighted by Gasteiger charge is 2.15. The SMILES string of the molecule is CNN(C(=N)C(C)C)c1ccccc1Cl. The molecule has 0 spiro atoms. The van der Waals surface area contributed by atoms with Gasteiger partial charge in [-0.3, -0.25) is 10.4 Å². The Labute approximate surface area is 95.5 Å². The van der Waals surface area contributed by atoms with Crippen molar-refractivity contribution in [2.24, 2.45) is 5.92 Å². The normalized spacial score (nSPS) is 10.5. The number of nitrogens with one attached hydrogen (secondary N) is 2. The number of anilines is 1. The van der Waals surface area contributed by atoms with Gasteiger partial charge < -0.3 is 0 Å². The van der Waals surface area contributed by atoms with Crippen LogP contribution in [-0.4, -0.2) is 12.9 Å². The van der Waals surface area contributed by atoms with Gasteiger partial charge in [-0.15, -0.1) is 0 Å². The molecule has 0 aromatic heterocycles. The number of hydrazine groups is 1. The molecule has 0 bridgehead atoms. The van der Waals surface area contributed by atoms with E-state index >= 15 is 0 Å². The van der Waals surface area contributed by atoms with Crippen molar-refractivity contribution in [3.8, 4) is 0 Å². The Balaban J connectivity index is 3.03. The first-order valence-electron chi connectivity index (χ1n) is 4.88. The summed E-state index contributed by atoms with van der Waals surface area (Å²) in [5.74, 6) is 0.638. The number of benzene rings is 1. The zero-order chi connectivity index (χ0) is 11.4. The van der Waals surface area contributed by atoms with Gasteiger partial charge in [-0.05, 0) is 12.1 Å². The van der Waals surface area contributed by atoms with Gasteiger partial charge in [0.15, 0.2) is 0 Å². The first kappa shape index (κ1) is 12.0. The van der Waals surface area contributed by atoms with Crippen molar-refractivity contribution in [1.29, 1.82) is 5.41 Å². The molecule has 0 fully saturated rings. The zero-order valence-corrected chi connectivity index (χ0v) is 9.97. The van der Waals surface area contributed by atoms with E-state index in [1.54, 1.807) is 12.1 Å². The number of hydrogen-bond donors (Lipinski definition) is 2. The molecule has 2 N–H and O–H groups in total. The van der Waals surface area contributed by atoms with Crippen molar-refractivity contribution in [3.63, 3.8) is 0 Å². The number of nitrogens with zero attached hydrogens (tertiary/aromatic N) is 1. The summed E-state index contributed by atoms with van der Waals surface area (Å²) in [5.41, 5.74) is 3.77. The molecule has 0 saturated heterocycles. The minimum Gasteiger partial charge on any atom is -0.287 e. The topological polar surface area (TPSA) is 39.1 Å². The molecular formula is C11H16ClN3. The molecule has 1 aromatic rings. The van der Waals surface area contributed by atoms with Gasteiger partial charge >= 0.3 is 0 Å². The number of halogens is 1. The highest BCUT2D eigenvalue weighted by Crippen LogP contribution is 2.24. The minimum absolute atomic E-state index is 0.147. The van der Waals surface area contributed by atoms with Gasteiger partial charge in [0.05, 0.1) is 10.7 Å². The van der Waals surface area contributed by atoms with Crippen molar-refractivity contribution in [1.82, 2.24) is 5.43 Å². The highest BCUT2D eigenvalue weighted by atomic mass is 35.5. The van der Waals surface area contributed by atoms with Crippen LogP contribution in [0.3, 0.4) is 0 Å². The number of rotatable bonds is 3. The van der Waals surface area contributed by atoms with Crippen LogP contribution in [0.1, 0.15) is 13.8 Å². The molecule has 0 radical (unpaired) electrons. The molecule has 0 heterocycles. The summed E-state index contributed by atoms with van der Waals surface area (Å²) in [4.78, 5) is 0.